The van der Waals surface area contributed by atoms with E-state index in [1.54, 1.807) is 6.92 Å². The van der Waals surface area contributed by atoms with Gasteiger partial charge in [-0.1, -0.05) is 78.5 Å². The second-order valence-electron chi connectivity index (χ2n) is 8.38. The summed E-state index contributed by atoms with van der Waals surface area (Å²) in [5.74, 6) is -0.389. The average Bonchev–Trinajstić information content (AvgIpc) is 2.90. The van der Waals surface area contributed by atoms with Crippen LogP contribution in [0.3, 0.4) is 0 Å². The molecule has 7 heteroatoms. The predicted octanol–water partition coefficient (Wildman–Crippen LogP) is 5.65. The maximum atomic E-state index is 13.1. The fourth-order valence-electron chi connectivity index (χ4n) is 3.88. The van der Waals surface area contributed by atoms with Crippen molar-refractivity contribution >= 4 is 40.2 Å². The Morgan fingerprint density at radius 1 is 0.972 bits per heavy atom. The van der Waals surface area contributed by atoms with Crippen LogP contribution in [0.25, 0.3) is 5.70 Å². The number of amides is 1. The van der Waals surface area contributed by atoms with Gasteiger partial charge in [-0.2, -0.15) is 0 Å². The molecule has 1 heterocycles. The molecule has 3 aromatic carbocycles. The highest BCUT2D eigenvalue weighted by Crippen LogP contribution is 2.36. The maximum Gasteiger partial charge on any atom is 0.338 e. The number of hydrogen-bond acceptors (Lipinski definition) is 6. The molecule has 0 aromatic heterocycles. The molecule has 1 amide bonds. The topological polar surface area (TPSA) is 79.8 Å². The van der Waals surface area contributed by atoms with E-state index in [-0.39, 0.29) is 18.3 Å². The normalized spacial score (nSPS) is 15.1. The van der Waals surface area contributed by atoms with Gasteiger partial charge in [0, 0.05) is 5.69 Å². The number of esters is 1. The molecule has 1 aliphatic heterocycles. The quantitative estimate of drug-likeness (QED) is 0.411. The first-order valence-corrected chi connectivity index (χ1v) is 12.8. The summed E-state index contributed by atoms with van der Waals surface area (Å²) in [6, 6.07) is 24.5. The standard InChI is InChI=1S/C29H29N3O3S/c1-4-35-28(34)25-26(21-11-7-5-8-12-21)31-29(32-27(25)22-13-9-6-10-14-22)36-18-24(33)30-23-16-15-19(2)20(3)17-23/h5-17,26H,4,18H2,1-3H3,(H,30,33)(H,31,32)/t26-/m1/s1. The van der Waals surface area contributed by atoms with Gasteiger partial charge in [-0.15, -0.1) is 0 Å². The average molecular weight is 500 g/mol. The Balaban J connectivity index is 1.62. The highest BCUT2D eigenvalue weighted by molar-refractivity contribution is 8.14. The van der Waals surface area contributed by atoms with E-state index in [9.17, 15) is 9.59 Å². The molecule has 1 atom stereocenters. The largest absolute Gasteiger partial charge is 0.463 e. The summed E-state index contributed by atoms with van der Waals surface area (Å²) in [6.07, 6.45) is 0. The first kappa shape index (κ1) is 25.3. The van der Waals surface area contributed by atoms with E-state index in [1.165, 1.54) is 17.3 Å². The Kier molecular flexibility index (Phi) is 8.23. The van der Waals surface area contributed by atoms with Crippen LogP contribution in [0.5, 0.6) is 0 Å². The zero-order chi connectivity index (χ0) is 25.5. The van der Waals surface area contributed by atoms with Gasteiger partial charge >= 0.3 is 5.97 Å². The van der Waals surface area contributed by atoms with E-state index in [0.29, 0.717) is 16.4 Å². The first-order chi connectivity index (χ1) is 17.5. The van der Waals surface area contributed by atoms with Crippen LogP contribution in [0.15, 0.2) is 89.4 Å². The van der Waals surface area contributed by atoms with Crippen molar-refractivity contribution < 1.29 is 14.3 Å². The molecule has 0 fully saturated rings. The van der Waals surface area contributed by atoms with Gasteiger partial charge in [-0.05, 0) is 55.2 Å². The number of benzene rings is 3. The minimum Gasteiger partial charge on any atom is -0.463 e. The number of rotatable bonds is 7. The lowest BCUT2D eigenvalue weighted by Gasteiger charge is -2.27. The van der Waals surface area contributed by atoms with E-state index in [0.717, 1.165) is 22.4 Å². The van der Waals surface area contributed by atoms with Crippen LogP contribution in [-0.2, 0) is 14.3 Å². The monoisotopic (exact) mass is 499 g/mol. The van der Waals surface area contributed by atoms with E-state index in [1.807, 2.05) is 92.7 Å². The third-order valence-corrected chi connectivity index (χ3v) is 6.71. The molecule has 0 aliphatic carbocycles. The third kappa shape index (κ3) is 6.04. The van der Waals surface area contributed by atoms with Crippen molar-refractivity contribution in [2.75, 3.05) is 17.7 Å². The lowest BCUT2D eigenvalue weighted by molar-refractivity contribution is -0.138. The lowest BCUT2D eigenvalue weighted by atomic mass is 9.94. The number of aliphatic imine (C=N–C) groups is 1. The van der Waals surface area contributed by atoms with Crippen molar-refractivity contribution in [2.45, 2.75) is 26.8 Å². The van der Waals surface area contributed by atoms with Gasteiger partial charge in [0.25, 0.3) is 0 Å². The number of hydrogen-bond donors (Lipinski definition) is 2. The molecule has 0 radical (unpaired) electrons. The lowest BCUT2D eigenvalue weighted by Crippen LogP contribution is -2.31. The third-order valence-electron chi connectivity index (χ3n) is 5.82. The highest BCUT2D eigenvalue weighted by atomic mass is 32.2. The zero-order valence-electron chi connectivity index (χ0n) is 20.6. The first-order valence-electron chi connectivity index (χ1n) is 11.8. The summed E-state index contributed by atoms with van der Waals surface area (Å²) in [5.41, 5.74) is 5.84. The van der Waals surface area contributed by atoms with Gasteiger partial charge in [-0.3, -0.25) is 4.79 Å². The molecule has 36 heavy (non-hydrogen) atoms. The molecule has 6 nitrogen and oxygen atoms in total. The van der Waals surface area contributed by atoms with Gasteiger partial charge in [-0.25, -0.2) is 9.79 Å². The molecule has 2 N–H and O–H groups in total. The number of aryl methyl sites for hydroxylation is 2. The van der Waals surface area contributed by atoms with Crippen LogP contribution in [0.4, 0.5) is 5.69 Å². The smallest absolute Gasteiger partial charge is 0.338 e. The number of amidine groups is 1. The van der Waals surface area contributed by atoms with Crippen LogP contribution in [0.1, 0.15) is 35.2 Å². The number of carbonyl (C=O) groups excluding carboxylic acids is 2. The van der Waals surface area contributed by atoms with Crippen molar-refractivity contribution in [3.05, 3.63) is 107 Å². The molecule has 0 bridgehead atoms. The Hall–Kier alpha value is -3.84. The minimum absolute atomic E-state index is 0.134. The summed E-state index contributed by atoms with van der Waals surface area (Å²) in [6.45, 7) is 6.10. The molecule has 4 rings (SSSR count). The van der Waals surface area contributed by atoms with E-state index in [2.05, 4.69) is 10.6 Å². The predicted molar refractivity (Wildman–Crippen MR) is 147 cm³/mol. The number of nitrogens with zero attached hydrogens (tertiary/aromatic N) is 1. The van der Waals surface area contributed by atoms with Gasteiger partial charge in [0.1, 0.15) is 6.04 Å². The number of thioether (sulfide) groups is 1. The van der Waals surface area contributed by atoms with Gasteiger partial charge in [0.15, 0.2) is 5.17 Å². The number of anilines is 1. The van der Waals surface area contributed by atoms with E-state index >= 15 is 0 Å². The molecule has 3 aromatic rings. The number of carbonyl (C=O) groups is 2. The SMILES string of the molecule is CCOC(=O)C1=C(c2ccccc2)NC(SCC(=O)Nc2ccc(C)c(C)c2)=N[C@@H]1c1ccccc1. The van der Waals surface area contributed by atoms with Crippen LogP contribution in [0, 0.1) is 13.8 Å². The molecule has 0 unspecified atom stereocenters. The fraction of sp³-hybridized carbons (Fsp3) is 0.207. The van der Waals surface area contributed by atoms with Crippen molar-refractivity contribution in [1.29, 1.82) is 0 Å². The Morgan fingerprint density at radius 3 is 2.33 bits per heavy atom. The molecule has 184 valence electrons. The van der Waals surface area contributed by atoms with Gasteiger partial charge < -0.3 is 15.4 Å². The number of ether oxygens (including phenoxy) is 1. The minimum atomic E-state index is -0.563. The summed E-state index contributed by atoms with van der Waals surface area (Å²) in [4.78, 5) is 30.7. The van der Waals surface area contributed by atoms with Crippen molar-refractivity contribution in [3.8, 4) is 0 Å². The second-order valence-corrected chi connectivity index (χ2v) is 9.35. The summed E-state index contributed by atoms with van der Waals surface area (Å²) >= 11 is 1.30. The number of nitrogens with one attached hydrogen (secondary N) is 2. The molecule has 1 aliphatic rings. The molecular weight excluding hydrogens is 470 g/mol. The van der Waals surface area contributed by atoms with Crippen LogP contribution in [0.2, 0.25) is 0 Å². The van der Waals surface area contributed by atoms with Crippen molar-refractivity contribution in [2.24, 2.45) is 4.99 Å². The molecule has 0 saturated heterocycles. The second kappa shape index (κ2) is 11.7. The molecular formula is C29H29N3O3S. The summed E-state index contributed by atoms with van der Waals surface area (Å²) in [5, 5.41) is 6.82. The molecule has 0 saturated carbocycles. The van der Waals surface area contributed by atoms with Crippen LogP contribution < -0.4 is 10.6 Å². The van der Waals surface area contributed by atoms with Crippen molar-refractivity contribution in [3.63, 3.8) is 0 Å². The summed E-state index contributed by atoms with van der Waals surface area (Å²) in [7, 11) is 0. The Morgan fingerprint density at radius 2 is 1.67 bits per heavy atom. The van der Waals surface area contributed by atoms with Gasteiger partial charge in [0.2, 0.25) is 5.91 Å². The van der Waals surface area contributed by atoms with E-state index in [4.69, 9.17) is 9.73 Å². The maximum absolute atomic E-state index is 13.1. The summed E-state index contributed by atoms with van der Waals surface area (Å²) < 4.78 is 5.43. The van der Waals surface area contributed by atoms with Crippen molar-refractivity contribution in [1.82, 2.24) is 5.32 Å². The Labute approximate surface area is 215 Å². The Bertz CT molecular complexity index is 1300. The molecule has 0 spiro atoms. The zero-order valence-corrected chi connectivity index (χ0v) is 21.4. The highest BCUT2D eigenvalue weighted by Gasteiger charge is 2.32. The van der Waals surface area contributed by atoms with Gasteiger partial charge in [0.05, 0.1) is 23.6 Å². The van der Waals surface area contributed by atoms with Crippen LogP contribution in [-0.4, -0.2) is 29.4 Å². The van der Waals surface area contributed by atoms with Crippen LogP contribution >= 0.6 is 11.8 Å². The fourth-order valence-corrected chi connectivity index (χ4v) is 4.57. The van der Waals surface area contributed by atoms with E-state index < -0.39 is 12.0 Å².